The van der Waals surface area contributed by atoms with Gasteiger partial charge in [-0.1, -0.05) is 42.5 Å². The lowest BCUT2D eigenvalue weighted by Gasteiger charge is -2.22. The maximum atomic E-state index is 12.8. The van der Waals surface area contributed by atoms with Crippen LogP contribution in [0.2, 0.25) is 0 Å². The number of amides is 1. The molecule has 0 aliphatic carbocycles. The second kappa shape index (κ2) is 10.3. The number of ether oxygens (including phenoxy) is 2. The zero-order valence-corrected chi connectivity index (χ0v) is 19.0. The van der Waals surface area contributed by atoms with E-state index in [-0.39, 0.29) is 12.0 Å². The molecular formula is C26H32N2O3. The normalized spacial score (nSPS) is 12.2. The fraction of sp³-hybridized carbons (Fsp3) is 0.346. The first-order valence-electron chi connectivity index (χ1n) is 10.7. The Kier molecular flexibility index (Phi) is 7.53. The Morgan fingerprint density at radius 2 is 1.74 bits per heavy atom. The lowest BCUT2D eigenvalue weighted by Crippen LogP contribution is -2.33. The minimum Gasteiger partial charge on any atom is -0.493 e. The summed E-state index contributed by atoms with van der Waals surface area (Å²) in [5.74, 6) is 1.26. The highest BCUT2D eigenvalue weighted by atomic mass is 16.5. The molecule has 1 N–H and O–H groups in total. The van der Waals surface area contributed by atoms with E-state index in [4.69, 9.17) is 9.47 Å². The van der Waals surface area contributed by atoms with Crippen molar-refractivity contribution in [3.05, 3.63) is 71.8 Å². The lowest BCUT2D eigenvalue weighted by molar-refractivity contribution is 0.0933. The Bertz CT molecular complexity index is 1030. The van der Waals surface area contributed by atoms with Gasteiger partial charge in [-0.05, 0) is 62.4 Å². The summed E-state index contributed by atoms with van der Waals surface area (Å²) in [6.07, 6.45) is -0.217. The van der Waals surface area contributed by atoms with Gasteiger partial charge in [-0.2, -0.15) is 0 Å². The molecule has 0 aliphatic heterocycles. The van der Waals surface area contributed by atoms with Crippen molar-refractivity contribution >= 4 is 16.7 Å². The third kappa shape index (κ3) is 5.76. The zero-order chi connectivity index (χ0) is 22.4. The molecule has 5 nitrogen and oxygen atoms in total. The van der Waals surface area contributed by atoms with E-state index < -0.39 is 0 Å². The summed E-state index contributed by atoms with van der Waals surface area (Å²) in [6.45, 7) is 7.49. The van der Waals surface area contributed by atoms with Crippen LogP contribution in [0.1, 0.15) is 36.7 Å². The van der Waals surface area contributed by atoms with Gasteiger partial charge in [-0.3, -0.25) is 9.69 Å². The second-order valence-corrected chi connectivity index (χ2v) is 8.16. The summed E-state index contributed by atoms with van der Waals surface area (Å²) in [7, 11) is 3.73. The molecule has 0 radical (unpaired) electrons. The predicted molar refractivity (Wildman–Crippen MR) is 126 cm³/mol. The van der Waals surface area contributed by atoms with Crippen molar-refractivity contribution in [1.82, 2.24) is 10.2 Å². The van der Waals surface area contributed by atoms with Crippen molar-refractivity contribution in [1.29, 1.82) is 0 Å². The maximum Gasteiger partial charge on any atom is 0.252 e. The average molecular weight is 421 g/mol. The van der Waals surface area contributed by atoms with Crippen LogP contribution in [0.15, 0.2) is 60.7 Å². The molecular weight excluding hydrogens is 388 g/mol. The van der Waals surface area contributed by atoms with Gasteiger partial charge >= 0.3 is 0 Å². The Labute approximate surface area is 185 Å². The largest absolute Gasteiger partial charge is 0.493 e. The summed E-state index contributed by atoms with van der Waals surface area (Å²) < 4.78 is 11.6. The summed E-state index contributed by atoms with van der Waals surface area (Å²) in [5, 5.41) is 4.99. The van der Waals surface area contributed by atoms with E-state index in [0.717, 1.165) is 22.9 Å². The molecule has 0 heterocycles. The van der Waals surface area contributed by atoms with Gasteiger partial charge in [0.05, 0.1) is 13.7 Å². The second-order valence-electron chi connectivity index (χ2n) is 8.16. The van der Waals surface area contributed by atoms with E-state index in [0.29, 0.717) is 29.6 Å². The van der Waals surface area contributed by atoms with Crippen molar-refractivity contribution in [2.75, 3.05) is 20.7 Å². The molecule has 3 aromatic rings. The molecule has 1 atom stereocenters. The number of nitrogens with one attached hydrogen (secondary N) is 1. The van der Waals surface area contributed by atoms with Crippen molar-refractivity contribution in [3.63, 3.8) is 0 Å². The molecule has 1 amide bonds. The van der Waals surface area contributed by atoms with Crippen LogP contribution in [-0.4, -0.2) is 43.7 Å². The van der Waals surface area contributed by atoms with Crippen LogP contribution < -0.4 is 14.8 Å². The summed E-state index contributed by atoms with van der Waals surface area (Å²) >= 11 is 0. The Balaban J connectivity index is 1.66. The number of fused-ring (bicyclic) bond motifs is 1. The van der Waals surface area contributed by atoms with Crippen molar-refractivity contribution in [2.45, 2.75) is 39.5 Å². The molecule has 0 spiro atoms. The van der Waals surface area contributed by atoms with E-state index in [2.05, 4.69) is 37.2 Å². The minimum atomic E-state index is -0.217. The van der Waals surface area contributed by atoms with Crippen molar-refractivity contribution in [2.24, 2.45) is 0 Å². The van der Waals surface area contributed by atoms with E-state index in [1.807, 2.05) is 61.5 Å². The number of carbonyl (C=O) groups excluding carboxylic acids is 1. The van der Waals surface area contributed by atoms with Crippen LogP contribution in [0, 0.1) is 0 Å². The highest BCUT2D eigenvalue weighted by molar-refractivity contribution is 6.07. The van der Waals surface area contributed by atoms with Gasteiger partial charge < -0.3 is 14.8 Å². The number of nitrogens with zero attached hydrogens (tertiary/aromatic N) is 1. The summed E-state index contributed by atoms with van der Waals surface area (Å²) in [5.41, 5.74) is 1.82. The van der Waals surface area contributed by atoms with Gasteiger partial charge in [-0.25, -0.2) is 0 Å². The van der Waals surface area contributed by atoms with Gasteiger partial charge in [0, 0.05) is 18.2 Å². The smallest absolute Gasteiger partial charge is 0.252 e. The Morgan fingerprint density at radius 3 is 2.48 bits per heavy atom. The number of hydrogen-bond donors (Lipinski definition) is 1. The SMILES string of the molecule is COc1ccc(CN(C)C(C)C)cc1OC(C)CNC(=O)c1cccc2ccccc12. The molecule has 164 valence electrons. The van der Waals surface area contributed by atoms with Crippen LogP contribution >= 0.6 is 0 Å². The molecule has 5 heteroatoms. The van der Waals surface area contributed by atoms with Crippen molar-refractivity contribution in [3.8, 4) is 11.5 Å². The molecule has 0 aliphatic rings. The number of carbonyl (C=O) groups is 1. The van der Waals surface area contributed by atoms with Crippen LogP contribution in [-0.2, 0) is 6.54 Å². The van der Waals surface area contributed by atoms with Gasteiger partial charge in [0.1, 0.15) is 6.10 Å². The summed E-state index contributed by atoms with van der Waals surface area (Å²) in [6, 6.07) is 20.1. The molecule has 31 heavy (non-hydrogen) atoms. The molecule has 0 fully saturated rings. The Morgan fingerprint density at radius 1 is 1.00 bits per heavy atom. The lowest BCUT2D eigenvalue weighted by atomic mass is 10.0. The quantitative estimate of drug-likeness (QED) is 0.536. The fourth-order valence-electron chi connectivity index (χ4n) is 3.40. The number of benzene rings is 3. The van der Waals surface area contributed by atoms with Crippen LogP contribution in [0.3, 0.4) is 0 Å². The van der Waals surface area contributed by atoms with Crippen LogP contribution in [0.5, 0.6) is 11.5 Å². The molecule has 3 rings (SSSR count). The summed E-state index contributed by atoms with van der Waals surface area (Å²) in [4.78, 5) is 15.0. The number of rotatable bonds is 9. The first-order valence-corrected chi connectivity index (χ1v) is 10.7. The average Bonchev–Trinajstić information content (AvgIpc) is 2.77. The van der Waals surface area contributed by atoms with Crippen molar-refractivity contribution < 1.29 is 14.3 Å². The number of hydrogen-bond acceptors (Lipinski definition) is 4. The fourth-order valence-corrected chi connectivity index (χ4v) is 3.40. The molecule has 0 bridgehead atoms. The van der Waals surface area contributed by atoms with Gasteiger partial charge in [0.25, 0.3) is 5.91 Å². The zero-order valence-electron chi connectivity index (χ0n) is 19.0. The van der Waals surface area contributed by atoms with E-state index >= 15 is 0 Å². The molecule has 0 saturated heterocycles. The standard InChI is InChI=1S/C26H32N2O3/c1-18(2)28(4)17-20-13-14-24(30-5)25(15-20)31-19(3)16-27-26(29)23-12-8-10-21-9-6-7-11-22(21)23/h6-15,18-19H,16-17H2,1-5H3,(H,27,29). The third-order valence-corrected chi connectivity index (χ3v) is 5.45. The Hall–Kier alpha value is -3.05. The molecule has 1 unspecified atom stereocenters. The predicted octanol–water partition coefficient (Wildman–Crippen LogP) is 4.89. The van der Waals surface area contributed by atoms with Crippen LogP contribution in [0.25, 0.3) is 10.8 Å². The van der Waals surface area contributed by atoms with Crippen LogP contribution in [0.4, 0.5) is 0 Å². The first kappa shape index (κ1) is 22.6. The van der Waals surface area contributed by atoms with E-state index in [1.165, 1.54) is 0 Å². The van der Waals surface area contributed by atoms with Gasteiger partial charge in [-0.15, -0.1) is 0 Å². The van der Waals surface area contributed by atoms with Gasteiger partial charge in [0.2, 0.25) is 0 Å². The van der Waals surface area contributed by atoms with E-state index in [9.17, 15) is 4.79 Å². The minimum absolute atomic E-state index is 0.105. The first-order chi connectivity index (χ1) is 14.9. The number of methoxy groups -OCH3 is 1. The van der Waals surface area contributed by atoms with Gasteiger partial charge in [0.15, 0.2) is 11.5 Å². The van der Waals surface area contributed by atoms with E-state index in [1.54, 1.807) is 7.11 Å². The molecule has 0 aromatic heterocycles. The highest BCUT2D eigenvalue weighted by Crippen LogP contribution is 2.29. The topological polar surface area (TPSA) is 50.8 Å². The molecule has 0 saturated carbocycles. The molecule has 3 aromatic carbocycles. The monoisotopic (exact) mass is 420 g/mol. The third-order valence-electron chi connectivity index (χ3n) is 5.45. The highest BCUT2D eigenvalue weighted by Gasteiger charge is 2.15. The maximum absolute atomic E-state index is 12.8.